The molecule has 2 heteroatoms. The van der Waals surface area contributed by atoms with Crippen molar-refractivity contribution in [2.45, 2.75) is 33.1 Å². The van der Waals surface area contributed by atoms with E-state index >= 15 is 0 Å². The fourth-order valence-corrected chi connectivity index (χ4v) is 1.80. The first-order chi connectivity index (χ1) is 7.74. The summed E-state index contributed by atoms with van der Waals surface area (Å²) < 4.78 is 5.53. The van der Waals surface area contributed by atoms with Crippen LogP contribution < -0.4 is 0 Å². The summed E-state index contributed by atoms with van der Waals surface area (Å²) in [5.41, 5.74) is 2.07. The summed E-state index contributed by atoms with van der Waals surface area (Å²) in [7, 11) is 0. The van der Waals surface area contributed by atoms with Crippen LogP contribution in [0.25, 0.3) is 11.0 Å². The minimum atomic E-state index is 0.0942. The molecule has 1 aromatic heterocycles. The first-order valence-electron chi connectivity index (χ1n) is 5.80. The molecule has 0 bridgehead atoms. The minimum Gasteiger partial charge on any atom is -0.453 e. The van der Waals surface area contributed by atoms with Crippen LogP contribution in [0.5, 0.6) is 0 Å². The predicted molar refractivity (Wildman–Crippen MR) is 64.8 cm³/mol. The summed E-state index contributed by atoms with van der Waals surface area (Å²) in [6, 6.07) is 7.92. The Balaban J connectivity index is 2.39. The summed E-state index contributed by atoms with van der Waals surface area (Å²) in [5, 5.41) is 1.03. The molecule has 0 saturated carbocycles. The third kappa shape index (κ3) is 2.01. The van der Waals surface area contributed by atoms with Gasteiger partial charge in [0.05, 0.1) is 0 Å². The molecule has 1 heterocycles. The van der Waals surface area contributed by atoms with Crippen LogP contribution in [0, 0.1) is 0 Å². The number of hydrogen-bond acceptors (Lipinski definition) is 2. The number of benzene rings is 1. The molecule has 0 unspecified atom stereocenters. The van der Waals surface area contributed by atoms with Crippen LogP contribution in [0.2, 0.25) is 0 Å². The van der Waals surface area contributed by atoms with Crippen LogP contribution in [-0.4, -0.2) is 5.78 Å². The van der Waals surface area contributed by atoms with Gasteiger partial charge < -0.3 is 4.42 Å². The Kier molecular flexibility index (Phi) is 3.09. The number of carbonyl (C=O) groups excluding carboxylic acids is 1. The van der Waals surface area contributed by atoms with E-state index in [9.17, 15) is 4.79 Å². The SMILES string of the molecule is CCCC(=O)c1cc2cc(CC)ccc2o1. The molecule has 1 aromatic carbocycles. The Labute approximate surface area is 95.3 Å². The first-order valence-corrected chi connectivity index (χ1v) is 5.80. The lowest BCUT2D eigenvalue weighted by atomic mass is 10.1. The molecule has 0 aliphatic carbocycles. The molecular weight excluding hydrogens is 200 g/mol. The number of furan rings is 1. The number of fused-ring (bicyclic) bond motifs is 1. The van der Waals surface area contributed by atoms with Gasteiger partial charge in [-0.15, -0.1) is 0 Å². The maximum absolute atomic E-state index is 11.7. The number of rotatable bonds is 4. The Morgan fingerprint density at radius 3 is 2.75 bits per heavy atom. The van der Waals surface area contributed by atoms with Crippen molar-refractivity contribution in [3.05, 3.63) is 35.6 Å². The van der Waals surface area contributed by atoms with E-state index < -0.39 is 0 Å². The molecule has 0 fully saturated rings. The highest BCUT2D eigenvalue weighted by atomic mass is 16.3. The van der Waals surface area contributed by atoms with Crippen LogP contribution in [0.4, 0.5) is 0 Å². The minimum absolute atomic E-state index is 0.0942. The van der Waals surface area contributed by atoms with Crippen molar-refractivity contribution in [2.75, 3.05) is 0 Å². The van der Waals surface area contributed by atoms with Crippen LogP contribution in [0.15, 0.2) is 28.7 Å². The molecule has 2 aromatic rings. The second-order valence-corrected chi connectivity index (χ2v) is 4.01. The van der Waals surface area contributed by atoms with Crippen molar-refractivity contribution < 1.29 is 9.21 Å². The van der Waals surface area contributed by atoms with E-state index in [-0.39, 0.29) is 5.78 Å². The maximum atomic E-state index is 11.7. The average Bonchev–Trinajstić information content (AvgIpc) is 2.71. The summed E-state index contributed by atoms with van der Waals surface area (Å²) in [6.07, 6.45) is 2.41. The fourth-order valence-electron chi connectivity index (χ4n) is 1.80. The predicted octanol–water partition coefficient (Wildman–Crippen LogP) is 3.98. The van der Waals surface area contributed by atoms with E-state index in [0.29, 0.717) is 12.2 Å². The van der Waals surface area contributed by atoms with Gasteiger partial charge in [-0.05, 0) is 36.6 Å². The van der Waals surface area contributed by atoms with Crippen molar-refractivity contribution in [2.24, 2.45) is 0 Å². The van der Waals surface area contributed by atoms with Gasteiger partial charge in [-0.3, -0.25) is 4.79 Å². The molecule has 0 saturated heterocycles. The van der Waals surface area contributed by atoms with Gasteiger partial charge in [0.25, 0.3) is 0 Å². The molecule has 16 heavy (non-hydrogen) atoms. The smallest absolute Gasteiger partial charge is 0.198 e. The summed E-state index contributed by atoms with van der Waals surface area (Å²) in [6.45, 7) is 4.11. The summed E-state index contributed by atoms with van der Waals surface area (Å²) >= 11 is 0. The largest absolute Gasteiger partial charge is 0.453 e. The summed E-state index contributed by atoms with van der Waals surface area (Å²) in [4.78, 5) is 11.7. The van der Waals surface area contributed by atoms with Gasteiger partial charge in [-0.2, -0.15) is 0 Å². The third-order valence-corrected chi connectivity index (χ3v) is 2.74. The highest BCUT2D eigenvalue weighted by molar-refractivity contribution is 5.97. The van der Waals surface area contributed by atoms with Gasteiger partial charge in [0, 0.05) is 11.8 Å². The number of aryl methyl sites for hydroxylation is 1. The molecule has 0 atom stereocenters. The van der Waals surface area contributed by atoms with Crippen molar-refractivity contribution in [1.82, 2.24) is 0 Å². The quantitative estimate of drug-likeness (QED) is 0.723. The molecule has 0 radical (unpaired) electrons. The van der Waals surface area contributed by atoms with Crippen LogP contribution in [-0.2, 0) is 6.42 Å². The highest BCUT2D eigenvalue weighted by Crippen LogP contribution is 2.22. The van der Waals surface area contributed by atoms with E-state index in [2.05, 4.69) is 13.0 Å². The van der Waals surface area contributed by atoms with Crippen LogP contribution in [0.1, 0.15) is 42.8 Å². The molecule has 0 aliphatic rings. The molecule has 2 rings (SSSR count). The zero-order chi connectivity index (χ0) is 11.5. The maximum Gasteiger partial charge on any atom is 0.198 e. The Bertz CT molecular complexity index is 508. The number of ketones is 1. The van der Waals surface area contributed by atoms with Crippen LogP contribution in [0.3, 0.4) is 0 Å². The lowest BCUT2D eigenvalue weighted by molar-refractivity contribution is 0.0957. The third-order valence-electron chi connectivity index (χ3n) is 2.74. The van der Waals surface area contributed by atoms with Gasteiger partial charge in [0.15, 0.2) is 11.5 Å². The van der Waals surface area contributed by atoms with E-state index in [1.54, 1.807) is 0 Å². The molecule has 84 valence electrons. The lowest BCUT2D eigenvalue weighted by Crippen LogP contribution is -1.94. The Hall–Kier alpha value is -1.57. The second-order valence-electron chi connectivity index (χ2n) is 4.01. The summed E-state index contributed by atoms with van der Waals surface area (Å²) in [5.74, 6) is 0.585. The van der Waals surface area contributed by atoms with Crippen molar-refractivity contribution in [3.8, 4) is 0 Å². The average molecular weight is 216 g/mol. The fraction of sp³-hybridized carbons (Fsp3) is 0.357. The molecule has 0 N–H and O–H groups in total. The van der Waals surface area contributed by atoms with E-state index in [1.807, 2.05) is 25.1 Å². The second kappa shape index (κ2) is 4.52. The zero-order valence-electron chi connectivity index (χ0n) is 9.75. The first kappa shape index (κ1) is 10.9. The van der Waals surface area contributed by atoms with E-state index in [0.717, 1.165) is 23.8 Å². The van der Waals surface area contributed by atoms with Crippen molar-refractivity contribution in [1.29, 1.82) is 0 Å². The zero-order valence-corrected chi connectivity index (χ0v) is 9.75. The standard InChI is InChI=1S/C14H16O2/c1-3-5-12(15)14-9-11-8-10(4-2)6-7-13(11)16-14/h6-9H,3-5H2,1-2H3. The highest BCUT2D eigenvalue weighted by Gasteiger charge is 2.11. The Morgan fingerprint density at radius 1 is 1.25 bits per heavy atom. The molecular formula is C14H16O2. The molecule has 0 aliphatic heterocycles. The molecule has 2 nitrogen and oxygen atoms in total. The van der Waals surface area contributed by atoms with Gasteiger partial charge in [-0.25, -0.2) is 0 Å². The van der Waals surface area contributed by atoms with Gasteiger partial charge in [0.2, 0.25) is 0 Å². The van der Waals surface area contributed by atoms with Crippen LogP contribution >= 0.6 is 0 Å². The van der Waals surface area contributed by atoms with Crippen molar-refractivity contribution in [3.63, 3.8) is 0 Å². The van der Waals surface area contributed by atoms with Gasteiger partial charge in [0.1, 0.15) is 5.58 Å². The van der Waals surface area contributed by atoms with E-state index in [4.69, 9.17) is 4.42 Å². The number of Topliss-reactive ketones (excluding diaryl/α,β-unsaturated/α-hetero) is 1. The number of carbonyl (C=O) groups is 1. The lowest BCUT2D eigenvalue weighted by Gasteiger charge is -1.93. The van der Waals surface area contributed by atoms with Crippen molar-refractivity contribution >= 4 is 16.8 Å². The van der Waals surface area contributed by atoms with Gasteiger partial charge >= 0.3 is 0 Å². The molecule has 0 spiro atoms. The monoisotopic (exact) mass is 216 g/mol. The Morgan fingerprint density at radius 2 is 2.06 bits per heavy atom. The normalized spacial score (nSPS) is 10.9. The molecule has 0 amide bonds. The topological polar surface area (TPSA) is 30.2 Å². The number of hydrogen-bond donors (Lipinski definition) is 0. The van der Waals surface area contributed by atoms with Gasteiger partial charge in [-0.1, -0.05) is 19.9 Å². The van der Waals surface area contributed by atoms with E-state index in [1.165, 1.54) is 5.56 Å².